The molecule has 0 radical (unpaired) electrons. The molecular formula is C8H12BrClN2O. The Morgan fingerprint density at radius 1 is 1.46 bits per heavy atom. The molecule has 0 aliphatic heterocycles. The lowest BCUT2D eigenvalue weighted by Crippen LogP contribution is -2.20. The van der Waals surface area contributed by atoms with E-state index >= 15 is 0 Å². The van der Waals surface area contributed by atoms with Gasteiger partial charge >= 0.3 is 0 Å². The quantitative estimate of drug-likeness (QED) is 0.761. The Labute approximate surface area is 91.7 Å². The van der Waals surface area contributed by atoms with Gasteiger partial charge in [0, 0.05) is 18.2 Å². The molecule has 0 aromatic heterocycles. The molecule has 0 heterocycles. The van der Waals surface area contributed by atoms with Crippen molar-refractivity contribution in [3.05, 3.63) is 28.2 Å². The molecule has 74 valence electrons. The van der Waals surface area contributed by atoms with Gasteiger partial charge < -0.3 is 16.6 Å². The van der Waals surface area contributed by atoms with Gasteiger partial charge in [0.2, 0.25) is 0 Å². The van der Waals surface area contributed by atoms with E-state index < -0.39 is 0 Å². The molecule has 1 aromatic carbocycles. The number of hydrogen-bond donors (Lipinski definition) is 3. The average molecular weight is 268 g/mol. The van der Waals surface area contributed by atoms with Crippen LogP contribution >= 0.6 is 28.3 Å². The van der Waals surface area contributed by atoms with Crippen LogP contribution in [0.1, 0.15) is 11.6 Å². The minimum absolute atomic E-state index is 0. The summed E-state index contributed by atoms with van der Waals surface area (Å²) >= 11 is 3.20. The number of halogens is 2. The van der Waals surface area contributed by atoms with Gasteiger partial charge in [-0.05, 0) is 22.0 Å². The summed E-state index contributed by atoms with van der Waals surface area (Å²) in [5, 5.41) is 9.52. The molecule has 0 bridgehead atoms. The van der Waals surface area contributed by atoms with Gasteiger partial charge in [0.25, 0.3) is 0 Å². The van der Waals surface area contributed by atoms with E-state index in [1.165, 1.54) is 0 Å². The summed E-state index contributed by atoms with van der Waals surface area (Å²) in [5.74, 6) is 0.176. The zero-order chi connectivity index (χ0) is 9.14. The third kappa shape index (κ3) is 2.84. The standard InChI is InChI=1S/C8H11BrN2O.ClH/c9-6-3-1-2-5(8(6)12)7(11)4-10;/h1-3,7,12H,4,10-11H2;1H/t7-;/m1./s1. The monoisotopic (exact) mass is 266 g/mol. The molecule has 0 saturated heterocycles. The van der Waals surface area contributed by atoms with Gasteiger partial charge in [-0.2, -0.15) is 0 Å². The zero-order valence-electron chi connectivity index (χ0n) is 6.90. The van der Waals surface area contributed by atoms with Gasteiger partial charge in [0.05, 0.1) is 4.47 Å². The molecule has 5 N–H and O–H groups in total. The first-order chi connectivity index (χ1) is 5.66. The minimum atomic E-state index is -0.303. The molecule has 13 heavy (non-hydrogen) atoms. The molecule has 1 rings (SSSR count). The summed E-state index contributed by atoms with van der Waals surface area (Å²) in [5.41, 5.74) is 11.7. The molecule has 1 atom stereocenters. The highest BCUT2D eigenvalue weighted by atomic mass is 79.9. The maximum Gasteiger partial charge on any atom is 0.134 e. The van der Waals surface area contributed by atoms with E-state index in [-0.39, 0.29) is 24.2 Å². The highest BCUT2D eigenvalue weighted by Crippen LogP contribution is 2.30. The second-order valence-corrected chi connectivity index (χ2v) is 3.37. The van der Waals surface area contributed by atoms with Crippen LogP contribution in [0.5, 0.6) is 5.75 Å². The average Bonchev–Trinajstić information content (AvgIpc) is 2.08. The van der Waals surface area contributed by atoms with E-state index in [4.69, 9.17) is 11.5 Å². The van der Waals surface area contributed by atoms with Gasteiger partial charge in [-0.3, -0.25) is 0 Å². The van der Waals surface area contributed by atoms with Crippen LogP contribution in [0.4, 0.5) is 0 Å². The van der Waals surface area contributed by atoms with E-state index in [9.17, 15) is 5.11 Å². The van der Waals surface area contributed by atoms with Crippen LogP contribution in [0, 0.1) is 0 Å². The Morgan fingerprint density at radius 3 is 2.62 bits per heavy atom. The van der Waals surface area contributed by atoms with Gasteiger partial charge in [-0.15, -0.1) is 12.4 Å². The summed E-state index contributed by atoms with van der Waals surface area (Å²) in [7, 11) is 0. The molecule has 3 nitrogen and oxygen atoms in total. The number of hydrogen-bond acceptors (Lipinski definition) is 3. The van der Waals surface area contributed by atoms with Crippen molar-refractivity contribution in [2.75, 3.05) is 6.54 Å². The predicted octanol–water partition coefficient (Wildman–Crippen LogP) is 1.53. The third-order valence-electron chi connectivity index (χ3n) is 1.67. The molecule has 1 aromatic rings. The summed E-state index contributed by atoms with van der Waals surface area (Å²) in [4.78, 5) is 0. The predicted molar refractivity (Wildman–Crippen MR) is 59.0 cm³/mol. The molecule has 5 heteroatoms. The molecule has 0 unspecified atom stereocenters. The van der Waals surface area contributed by atoms with Gasteiger partial charge in [0.15, 0.2) is 0 Å². The van der Waals surface area contributed by atoms with Crippen LogP contribution in [-0.4, -0.2) is 11.7 Å². The lowest BCUT2D eigenvalue weighted by molar-refractivity contribution is 0.458. The SMILES string of the molecule is Cl.NC[C@@H](N)c1cccc(Br)c1O. The molecular weight excluding hydrogens is 255 g/mol. The zero-order valence-corrected chi connectivity index (χ0v) is 9.31. The highest BCUT2D eigenvalue weighted by Gasteiger charge is 2.10. The minimum Gasteiger partial charge on any atom is -0.506 e. The van der Waals surface area contributed by atoms with Crippen molar-refractivity contribution in [3.8, 4) is 5.75 Å². The van der Waals surface area contributed by atoms with Crippen molar-refractivity contribution in [1.82, 2.24) is 0 Å². The van der Waals surface area contributed by atoms with Crippen LogP contribution in [0.3, 0.4) is 0 Å². The number of aromatic hydroxyl groups is 1. The molecule has 0 amide bonds. The maximum absolute atomic E-state index is 9.52. The number of rotatable bonds is 2. The largest absolute Gasteiger partial charge is 0.506 e. The molecule has 0 fully saturated rings. The molecule has 0 spiro atoms. The maximum atomic E-state index is 9.52. The van der Waals surface area contributed by atoms with Crippen LogP contribution in [0.15, 0.2) is 22.7 Å². The van der Waals surface area contributed by atoms with Crippen molar-refractivity contribution in [2.24, 2.45) is 11.5 Å². The van der Waals surface area contributed by atoms with E-state index in [0.717, 1.165) is 0 Å². The van der Waals surface area contributed by atoms with Crippen molar-refractivity contribution >= 4 is 28.3 Å². The van der Waals surface area contributed by atoms with Gasteiger partial charge in [-0.25, -0.2) is 0 Å². The van der Waals surface area contributed by atoms with E-state index in [1.807, 2.05) is 6.07 Å². The van der Waals surface area contributed by atoms with E-state index in [2.05, 4.69) is 15.9 Å². The number of phenols is 1. The molecule has 0 saturated carbocycles. The van der Waals surface area contributed by atoms with Crippen molar-refractivity contribution in [3.63, 3.8) is 0 Å². The number of benzene rings is 1. The third-order valence-corrected chi connectivity index (χ3v) is 2.31. The first kappa shape index (κ1) is 12.7. The summed E-state index contributed by atoms with van der Waals surface area (Å²) in [6.45, 7) is 0.323. The van der Waals surface area contributed by atoms with Crippen LogP contribution in [-0.2, 0) is 0 Å². The first-order valence-electron chi connectivity index (χ1n) is 3.60. The van der Waals surface area contributed by atoms with Gasteiger partial charge in [-0.1, -0.05) is 12.1 Å². The summed E-state index contributed by atoms with van der Waals surface area (Å²) < 4.78 is 0.643. The first-order valence-corrected chi connectivity index (χ1v) is 4.39. The lowest BCUT2D eigenvalue weighted by Gasteiger charge is -2.11. The van der Waals surface area contributed by atoms with Gasteiger partial charge in [0.1, 0.15) is 5.75 Å². The van der Waals surface area contributed by atoms with Crippen LogP contribution in [0.2, 0.25) is 0 Å². The Balaban J connectivity index is 0.00000144. The topological polar surface area (TPSA) is 72.3 Å². The molecule has 0 aliphatic carbocycles. The highest BCUT2D eigenvalue weighted by molar-refractivity contribution is 9.10. The van der Waals surface area contributed by atoms with Crippen molar-refractivity contribution in [2.45, 2.75) is 6.04 Å². The normalized spacial score (nSPS) is 11.9. The second kappa shape index (κ2) is 5.44. The fraction of sp³-hybridized carbons (Fsp3) is 0.250. The lowest BCUT2D eigenvalue weighted by atomic mass is 10.1. The van der Waals surface area contributed by atoms with E-state index in [1.54, 1.807) is 12.1 Å². The Kier molecular flexibility index (Phi) is 5.32. The van der Waals surface area contributed by atoms with Crippen molar-refractivity contribution < 1.29 is 5.11 Å². The van der Waals surface area contributed by atoms with Crippen molar-refractivity contribution in [1.29, 1.82) is 0 Å². The molecule has 0 aliphatic rings. The Hall–Kier alpha value is -0.290. The number of para-hydroxylation sites is 1. The Morgan fingerprint density at radius 2 is 2.08 bits per heavy atom. The van der Waals surface area contributed by atoms with Crippen LogP contribution < -0.4 is 11.5 Å². The second-order valence-electron chi connectivity index (χ2n) is 2.52. The van der Waals surface area contributed by atoms with Crippen LogP contribution in [0.25, 0.3) is 0 Å². The smallest absolute Gasteiger partial charge is 0.134 e. The van der Waals surface area contributed by atoms with E-state index in [0.29, 0.717) is 16.6 Å². The summed E-state index contributed by atoms with van der Waals surface area (Å²) in [6, 6.07) is 5.02. The Bertz CT molecular complexity index is 283. The fourth-order valence-electron chi connectivity index (χ4n) is 0.958. The number of phenolic OH excluding ortho intramolecular Hbond substituents is 1. The number of nitrogens with two attached hydrogens (primary N) is 2. The summed E-state index contributed by atoms with van der Waals surface area (Å²) in [6.07, 6.45) is 0. The fourth-order valence-corrected chi connectivity index (χ4v) is 1.34.